The minimum atomic E-state index is -0.328. The van der Waals surface area contributed by atoms with E-state index in [0.29, 0.717) is 16.4 Å². The maximum atomic E-state index is 12.9. The summed E-state index contributed by atoms with van der Waals surface area (Å²) in [4.78, 5) is 16.3. The van der Waals surface area contributed by atoms with E-state index in [2.05, 4.69) is 15.6 Å². The number of rotatable bonds is 4. The van der Waals surface area contributed by atoms with Crippen LogP contribution in [0.15, 0.2) is 66.9 Å². The molecule has 0 fully saturated rings. The SMILES string of the molecule is O=C(Nc1cccc(Cl)c1)c1ccc(Nc2ccc(F)cc2)cn1. The lowest BCUT2D eigenvalue weighted by atomic mass is 10.2. The maximum Gasteiger partial charge on any atom is 0.274 e. The van der Waals surface area contributed by atoms with Crippen molar-refractivity contribution < 1.29 is 9.18 Å². The summed E-state index contributed by atoms with van der Waals surface area (Å²) in [7, 11) is 0. The Morgan fingerprint density at radius 1 is 0.958 bits per heavy atom. The molecular formula is C18H13ClFN3O. The second kappa shape index (κ2) is 7.10. The van der Waals surface area contributed by atoms with Gasteiger partial charge in [-0.15, -0.1) is 0 Å². The summed E-state index contributed by atoms with van der Waals surface area (Å²) in [6.07, 6.45) is 1.54. The van der Waals surface area contributed by atoms with E-state index in [1.165, 1.54) is 18.3 Å². The number of hydrogen-bond acceptors (Lipinski definition) is 3. The molecule has 0 aliphatic rings. The molecule has 24 heavy (non-hydrogen) atoms. The van der Waals surface area contributed by atoms with Crippen LogP contribution in [0.1, 0.15) is 10.5 Å². The van der Waals surface area contributed by atoms with Crippen LogP contribution in [-0.2, 0) is 0 Å². The highest BCUT2D eigenvalue weighted by Gasteiger charge is 2.08. The standard InChI is InChI=1S/C18H13ClFN3O/c19-12-2-1-3-15(10-12)23-18(24)17-9-8-16(11-21-17)22-14-6-4-13(20)5-7-14/h1-11,22H,(H,23,24). The summed E-state index contributed by atoms with van der Waals surface area (Å²) in [5, 5.41) is 6.34. The number of pyridine rings is 1. The lowest BCUT2D eigenvalue weighted by Crippen LogP contribution is -2.13. The van der Waals surface area contributed by atoms with Gasteiger partial charge in [-0.3, -0.25) is 4.79 Å². The lowest BCUT2D eigenvalue weighted by Gasteiger charge is -2.08. The summed E-state index contributed by atoms with van der Waals surface area (Å²) >= 11 is 5.88. The molecule has 0 atom stereocenters. The Labute approximate surface area is 143 Å². The fraction of sp³-hybridized carbons (Fsp3) is 0. The van der Waals surface area contributed by atoms with Crippen molar-refractivity contribution in [3.63, 3.8) is 0 Å². The van der Waals surface area contributed by atoms with Gasteiger partial charge in [0.25, 0.3) is 5.91 Å². The molecule has 0 aliphatic carbocycles. The molecule has 3 rings (SSSR count). The number of hydrogen-bond donors (Lipinski definition) is 2. The van der Waals surface area contributed by atoms with Gasteiger partial charge in [0, 0.05) is 16.4 Å². The van der Waals surface area contributed by atoms with Crippen LogP contribution in [0.3, 0.4) is 0 Å². The van der Waals surface area contributed by atoms with Gasteiger partial charge in [0.2, 0.25) is 0 Å². The third-order valence-corrected chi connectivity index (χ3v) is 3.45. The van der Waals surface area contributed by atoms with E-state index < -0.39 is 0 Å². The predicted octanol–water partition coefficient (Wildman–Crippen LogP) is 4.87. The molecule has 0 aliphatic heterocycles. The first-order chi connectivity index (χ1) is 11.6. The molecule has 2 aromatic carbocycles. The predicted molar refractivity (Wildman–Crippen MR) is 93.3 cm³/mol. The molecule has 0 radical (unpaired) electrons. The van der Waals surface area contributed by atoms with Crippen molar-refractivity contribution in [3.05, 3.63) is 83.4 Å². The average Bonchev–Trinajstić information content (AvgIpc) is 2.57. The number of amides is 1. The molecule has 0 unspecified atom stereocenters. The number of nitrogens with zero attached hydrogens (tertiary/aromatic N) is 1. The van der Waals surface area contributed by atoms with Crippen LogP contribution in [-0.4, -0.2) is 10.9 Å². The van der Waals surface area contributed by atoms with E-state index in [1.807, 2.05) is 0 Å². The quantitative estimate of drug-likeness (QED) is 0.711. The van der Waals surface area contributed by atoms with Crippen LogP contribution < -0.4 is 10.6 Å². The first kappa shape index (κ1) is 16.0. The van der Waals surface area contributed by atoms with Crippen molar-refractivity contribution in [3.8, 4) is 0 Å². The molecule has 0 bridgehead atoms. The molecule has 1 amide bonds. The highest BCUT2D eigenvalue weighted by molar-refractivity contribution is 6.30. The Balaban J connectivity index is 1.67. The minimum absolute atomic E-state index is 0.277. The average molecular weight is 342 g/mol. The Bertz CT molecular complexity index is 851. The van der Waals surface area contributed by atoms with Crippen LogP contribution in [0.4, 0.5) is 21.5 Å². The first-order valence-corrected chi connectivity index (χ1v) is 7.53. The third kappa shape index (κ3) is 4.08. The topological polar surface area (TPSA) is 54.0 Å². The van der Waals surface area contributed by atoms with Crippen LogP contribution in [0.25, 0.3) is 0 Å². The minimum Gasteiger partial charge on any atom is -0.354 e. The van der Waals surface area contributed by atoms with Crippen molar-refractivity contribution in [2.24, 2.45) is 0 Å². The molecular weight excluding hydrogens is 329 g/mol. The Hall–Kier alpha value is -2.92. The zero-order valence-electron chi connectivity index (χ0n) is 12.5. The normalized spacial score (nSPS) is 10.2. The van der Waals surface area contributed by atoms with E-state index in [1.54, 1.807) is 48.5 Å². The van der Waals surface area contributed by atoms with Crippen molar-refractivity contribution in [2.75, 3.05) is 10.6 Å². The molecule has 0 saturated carbocycles. The van der Waals surface area contributed by atoms with Crippen LogP contribution in [0.2, 0.25) is 5.02 Å². The fourth-order valence-electron chi connectivity index (χ4n) is 2.06. The first-order valence-electron chi connectivity index (χ1n) is 7.16. The van der Waals surface area contributed by atoms with Crippen molar-refractivity contribution >= 4 is 34.6 Å². The van der Waals surface area contributed by atoms with Crippen LogP contribution >= 0.6 is 11.6 Å². The van der Waals surface area contributed by atoms with Gasteiger partial charge in [-0.25, -0.2) is 9.37 Å². The van der Waals surface area contributed by atoms with Gasteiger partial charge in [-0.2, -0.15) is 0 Å². The Kier molecular flexibility index (Phi) is 4.72. The molecule has 120 valence electrons. The van der Waals surface area contributed by atoms with Crippen molar-refractivity contribution in [2.45, 2.75) is 0 Å². The Morgan fingerprint density at radius 2 is 1.71 bits per heavy atom. The zero-order valence-corrected chi connectivity index (χ0v) is 13.2. The number of nitrogens with one attached hydrogen (secondary N) is 2. The molecule has 6 heteroatoms. The number of aromatic nitrogens is 1. The molecule has 2 N–H and O–H groups in total. The number of carbonyl (C=O) groups excluding carboxylic acids is 1. The van der Waals surface area contributed by atoms with E-state index in [9.17, 15) is 9.18 Å². The van der Waals surface area contributed by atoms with Crippen LogP contribution in [0, 0.1) is 5.82 Å². The zero-order chi connectivity index (χ0) is 16.9. The van der Waals surface area contributed by atoms with Gasteiger partial charge in [0.15, 0.2) is 0 Å². The number of benzene rings is 2. The van der Waals surface area contributed by atoms with E-state index >= 15 is 0 Å². The fourth-order valence-corrected chi connectivity index (χ4v) is 2.25. The molecule has 1 heterocycles. The summed E-state index contributed by atoms with van der Waals surface area (Å²) in [6.45, 7) is 0. The number of anilines is 3. The van der Waals surface area contributed by atoms with Gasteiger partial charge < -0.3 is 10.6 Å². The summed E-state index contributed by atoms with van der Waals surface area (Å²) in [5.41, 5.74) is 2.30. The highest BCUT2D eigenvalue weighted by atomic mass is 35.5. The van der Waals surface area contributed by atoms with Gasteiger partial charge in [0.1, 0.15) is 11.5 Å². The van der Waals surface area contributed by atoms with Gasteiger partial charge in [-0.05, 0) is 54.6 Å². The third-order valence-electron chi connectivity index (χ3n) is 3.21. The molecule has 1 aromatic heterocycles. The van der Waals surface area contributed by atoms with Gasteiger partial charge in [-0.1, -0.05) is 17.7 Å². The summed E-state index contributed by atoms with van der Waals surface area (Å²) < 4.78 is 12.9. The van der Waals surface area contributed by atoms with E-state index in [4.69, 9.17) is 11.6 Å². The van der Waals surface area contributed by atoms with Crippen molar-refractivity contribution in [1.29, 1.82) is 0 Å². The van der Waals surface area contributed by atoms with Gasteiger partial charge >= 0.3 is 0 Å². The van der Waals surface area contributed by atoms with Crippen LogP contribution in [0.5, 0.6) is 0 Å². The summed E-state index contributed by atoms with van der Waals surface area (Å²) in [5.74, 6) is -0.627. The Morgan fingerprint density at radius 3 is 2.38 bits per heavy atom. The van der Waals surface area contributed by atoms with E-state index in [-0.39, 0.29) is 17.4 Å². The number of halogens is 2. The van der Waals surface area contributed by atoms with Crippen molar-refractivity contribution in [1.82, 2.24) is 4.98 Å². The monoisotopic (exact) mass is 341 g/mol. The summed E-state index contributed by atoms with van der Waals surface area (Å²) in [6, 6.07) is 16.2. The second-order valence-corrected chi connectivity index (χ2v) is 5.46. The highest BCUT2D eigenvalue weighted by Crippen LogP contribution is 2.18. The molecule has 3 aromatic rings. The molecule has 0 saturated heterocycles. The lowest BCUT2D eigenvalue weighted by molar-refractivity contribution is 0.102. The second-order valence-electron chi connectivity index (χ2n) is 5.03. The molecule has 0 spiro atoms. The smallest absolute Gasteiger partial charge is 0.274 e. The van der Waals surface area contributed by atoms with Gasteiger partial charge in [0.05, 0.1) is 11.9 Å². The number of carbonyl (C=O) groups is 1. The van der Waals surface area contributed by atoms with E-state index in [0.717, 1.165) is 5.69 Å². The molecule has 4 nitrogen and oxygen atoms in total. The maximum absolute atomic E-state index is 12.9. The largest absolute Gasteiger partial charge is 0.354 e.